The normalized spacial score (nSPS) is 16.3. The molecule has 0 heterocycles. The molecule has 0 fully saturated rings. The van der Waals surface area contributed by atoms with Crippen LogP contribution >= 0.6 is 16.5 Å². The largest absolute Gasteiger partial charge is 0.697 e. The molecule has 58 valence electrons. The van der Waals surface area contributed by atoms with E-state index in [1.54, 1.807) is 0 Å². The molecule has 0 aromatic heterocycles. The molecule has 8 heteroatoms. The molecule has 0 bridgehead atoms. The Morgan fingerprint density at radius 2 is 1.50 bits per heavy atom. The quantitative estimate of drug-likeness (QED) is 0.497. The average Bonchev–Trinajstić information content (AvgIpc) is 1.58. The molecule has 0 saturated carbocycles. The third-order valence-electron chi connectivity index (χ3n) is 0.477. The highest BCUT2D eigenvalue weighted by molar-refractivity contribution is 7.32. The molecule has 0 spiro atoms. The Hall–Kier alpha value is 0.0400. The van der Waals surface area contributed by atoms with Crippen molar-refractivity contribution in [2.75, 3.05) is 0 Å². The lowest BCUT2D eigenvalue weighted by atomic mass is 10.8. The van der Waals surface area contributed by atoms with Crippen LogP contribution in [0.2, 0.25) is 0 Å². The van der Waals surface area contributed by atoms with E-state index in [1.807, 2.05) is 0 Å². The summed E-state index contributed by atoms with van der Waals surface area (Å²) < 4.78 is 27.8. The summed E-state index contributed by atoms with van der Waals surface area (Å²) in [7, 11) is -5.57. The van der Waals surface area contributed by atoms with Gasteiger partial charge in [0.2, 0.25) is 0 Å². The molecule has 0 saturated heterocycles. The van der Waals surface area contributed by atoms with E-state index in [9.17, 15) is 9.13 Å². The lowest BCUT2D eigenvalue weighted by Crippen LogP contribution is -2.03. The molecule has 0 radical (unpaired) electrons. The standard InChI is InChI=1S/C2H4O6P2/c1-2(7-9(3)4)8-10(5)6/h2H,1H3/p+2. The predicted octanol–water partition coefficient (Wildman–Crippen LogP) is 0.665. The third kappa shape index (κ3) is 6.16. The number of hydrogen-bond acceptors (Lipinski definition) is 4. The van der Waals surface area contributed by atoms with Crippen LogP contribution in [0.25, 0.3) is 0 Å². The molecule has 0 aromatic carbocycles. The smallest absolute Gasteiger partial charge is 0.133 e. The molecule has 0 amide bonds. The predicted molar refractivity (Wildman–Crippen MR) is 31.3 cm³/mol. The van der Waals surface area contributed by atoms with Crippen molar-refractivity contribution < 1.29 is 28.0 Å². The maximum atomic E-state index is 9.86. The summed E-state index contributed by atoms with van der Waals surface area (Å²) in [4.78, 5) is 16.1. The van der Waals surface area contributed by atoms with Gasteiger partial charge in [0.25, 0.3) is 6.29 Å². The number of rotatable bonds is 4. The summed E-state index contributed by atoms with van der Waals surface area (Å²) in [6.07, 6.45) is -1.15. The zero-order valence-corrected chi connectivity index (χ0v) is 6.79. The van der Waals surface area contributed by atoms with Crippen LogP contribution in [0.1, 0.15) is 6.92 Å². The zero-order valence-electron chi connectivity index (χ0n) is 5.00. The number of hydrogen-bond donors (Lipinski definition) is 2. The first-order valence-electron chi connectivity index (χ1n) is 2.18. The van der Waals surface area contributed by atoms with Crippen LogP contribution in [0.4, 0.5) is 0 Å². The van der Waals surface area contributed by atoms with Crippen molar-refractivity contribution in [1.29, 1.82) is 0 Å². The maximum Gasteiger partial charge on any atom is 0.697 e. The molecule has 2 atom stereocenters. The van der Waals surface area contributed by atoms with Gasteiger partial charge in [-0.15, -0.1) is 9.79 Å². The van der Waals surface area contributed by atoms with Crippen molar-refractivity contribution in [1.82, 2.24) is 0 Å². The molecule has 0 aromatic rings. The minimum atomic E-state index is -2.79. The topological polar surface area (TPSA) is 93.1 Å². The second kappa shape index (κ2) is 4.79. The van der Waals surface area contributed by atoms with Gasteiger partial charge in [-0.05, 0) is 6.92 Å². The second-order valence-corrected chi connectivity index (χ2v) is 2.63. The SMILES string of the molecule is CC(O[P+](=O)O)O[P+](=O)O. The minimum absolute atomic E-state index is 1.15. The zero-order chi connectivity index (χ0) is 8.15. The van der Waals surface area contributed by atoms with Gasteiger partial charge >= 0.3 is 16.5 Å². The molecule has 6 nitrogen and oxygen atoms in total. The monoisotopic (exact) mass is 188 g/mol. The first-order chi connectivity index (χ1) is 4.52. The van der Waals surface area contributed by atoms with Crippen molar-refractivity contribution in [2.24, 2.45) is 0 Å². The summed E-state index contributed by atoms with van der Waals surface area (Å²) in [5.74, 6) is 0. The van der Waals surface area contributed by atoms with Crippen molar-refractivity contribution in [3.8, 4) is 0 Å². The lowest BCUT2D eigenvalue weighted by molar-refractivity contribution is 0.0186. The molecule has 0 rings (SSSR count). The Balaban J connectivity index is 3.53. The highest BCUT2D eigenvalue weighted by Gasteiger charge is 2.27. The Morgan fingerprint density at radius 1 is 1.20 bits per heavy atom. The summed E-state index contributed by atoms with van der Waals surface area (Å²) in [5.41, 5.74) is 0. The third-order valence-corrected chi connectivity index (χ3v) is 1.43. The van der Waals surface area contributed by atoms with Crippen LogP contribution in [0.15, 0.2) is 0 Å². The van der Waals surface area contributed by atoms with Crippen LogP contribution in [-0.4, -0.2) is 16.1 Å². The lowest BCUT2D eigenvalue weighted by Gasteiger charge is -1.89. The van der Waals surface area contributed by atoms with Gasteiger partial charge in [0.05, 0.1) is 0 Å². The van der Waals surface area contributed by atoms with E-state index in [4.69, 9.17) is 9.79 Å². The molecule has 0 aliphatic heterocycles. The van der Waals surface area contributed by atoms with E-state index in [2.05, 4.69) is 9.05 Å². The molecule has 10 heavy (non-hydrogen) atoms. The van der Waals surface area contributed by atoms with Gasteiger partial charge in [0, 0.05) is 9.13 Å². The van der Waals surface area contributed by atoms with E-state index in [0.717, 1.165) is 0 Å². The first-order valence-corrected chi connectivity index (χ1v) is 4.44. The summed E-state index contributed by atoms with van der Waals surface area (Å²) >= 11 is 0. The summed E-state index contributed by atoms with van der Waals surface area (Å²) in [6.45, 7) is 1.23. The fraction of sp³-hybridized carbons (Fsp3) is 1.00. The first kappa shape index (κ1) is 10.0. The van der Waals surface area contributed by atoms with Crippen LogP contribution in [-0.2, 0) is 18.2 Å². The molecule has 2 N–H and O–H groups in total. The molecular weight excluding hydrogens is 182 g/mol. The second-order valence-electron chi connectivity index (χ2n) is 1.25. The van der Waals surface area contributed by atoms with Gasteiger partial charge < -0.3 is 0 Å². The fourth-order valence-electron chi connectivity index (χ4n) is 0.273. The highest BCUT2D eigenvalue weighted by atomic mass is 31.1. The molecule has 0 aliphatic rings. The van der Waals surface area contributed by atoms with Gasteiger partial charge in [-0.3, -0.25) is 0 Å². The minimum Gasteiger partial charge on any atom is -0.133 e. The van der Waals surface area contributed by atoms with E-state index in [1.165, 1.54) is 6.92 Å². The molecule has 2 unspecified atom stereocenters. The average molecular weight is 188 g/mol. The fourth-order valence-corrected chi connectivity index (χ4v) is 0.935. The molecular formula is C2H6O6P2+2. The van der Waals surface area contributed by atoms with Crippen LogP contribution < -0.4 is 0 Å². The maximum absolute atomic E-state index is 9.86. The highest BCUT2D eigenvalue weighted by Crippen LogP contribution is 2.25. The Morgan fingerprint density at radius 3 is 1.70 bits per heavy atom. The van der Waals surface area contributed by atoms with Gasteiger partial charge in [-0.25, -0.2) is 0 Å². The van der Waals surface area contributed by atoms with E-state index >= 15 is 0 Å². The Labute approximate surface area is 58.7 Å². The molecule has 0 aliphatic carbocycles. The van der Waals surface area contributed by atoms with Crippen molar-refractivity contribution >= 4 is 16.5 Å². The van der Waals surface area contributed by atoms with E-state index < -0.39 is 22.8 Å². The van der Waals surface area contributed by atoms with Crippen LogP contribution in [0.5, 0.6) is 0 Å². The van der Waals surface area contributed by atoms with Crippen molar-refractivity contribution in [3.05, 3.63) is 0 Å². The Bertz CT molecular complexity index is 129. The summed E-state index contributed by atoms with van der Waals surface area (Å²) in [6, 6.07) is 0. The van der Waals surface area contributed by atoms with Crippen LogP contribution in [0, 0.1) is 0 Å². The Kier molecular flexibility index (Phi) is 4.81. The summed E-state index contributed by atoms with van der Waals surface area (Å²) in [5, 5.41) is 0. The van der Waals surface area contributed by atoms with Gasteiger partial charge in [-0.1, -0.05) is 9.05 Å². The van der Waals surface area contributed by atoms with Crippen LogP contribution in [0.3, 0.4) is 0 Å². The van der Waals surface area contributed by atoms with E-state index in [0.29, 0.717) is 0 Å². The van der Waals surface area contributed by atoms with Gasteiger partial charge in [-0.2, -0.15) is 0 Å². The van der Waals surface area contributed by atoms with Gasteiger partial charge in [0.1, 0.15) is 0 Å². The van der Waals surface area contributed by atoms with E-state index in [-0.39, 0.29) is 0 Å². The van der Waals surface area contributed by atoms with Gasteiger partial charge in [0.15, 0.2) is 0 Å². The van der Waals surface area contributed by atoms with Crippen molar-refractivity contribution in [3.63, 3.8) is 0 Å². The van der Waals surface area contributed by atoms with Crippen molar-refractivity contribution in [2.45, 2.75) is 13.2 Å².